The number of hydrogen-bond acceptors (Lipinski definition) is 2. The van der Waals surface area contributed by atoms with Gasteiger partial charge in [0.25, 0.3) is 0 Å². The number of hydrogen-bond donors (Lipinski definition) is 0. The maximum Gasteiger partial charge on any atom is 0.125 e. The quantitative estimate of drug-likeness (QED) is 0.693. The van der Waals surface area contributed by atoms with Gasteiger partial charge in [-0.2, -0.15) is 5.10 Å². The van der Waals surface area contributed by atoms with Crippen LogP contribution in [0.1, 0.15) is 11.4 Å². The van der Waals surface area contributed by atoms with Crippen LogP contribution in [0, 0.1) is 5.82 Å². The third-order valence-corrected chi connectivity index (χ3v) is 3.40. The Morgan fingerprint density at radius 2 is 2.20 bits per heavy atom. The molecule has 0 N–H and O–H groups in total. The first kappa shape index (κ1) is 13.1. The van der Waals surface area contributed by atoms with Crippen LogP contribution in [0.25, 0.3) is 11.0 Å². The molecule has 0 aliphatic rings. The number of aromatic nitrogens is 4. The third-order valence-electron chi connectivity index (χ3n) is 3.21. The molecule has 0 radical (unpaired) electrons. The van der Waals surface area contributed by atoms with Gasteiger partial charge in [-0.1, -0.05) is 0 Å². The Balaban J connectivity index is 2.08. The van der Waals surface area contributed by atoms with Gasteiger partial charge in [0, 0.05) is 37.2 Å². The molecule has 0 saturated carbocycles. The normalized spacial score (nSPS) is 11.3. The van der Waals surface area contributed by atoms with Gasteiger partial charge < -0.3 is 4.57 Å². The second-order valence-electron chi connectivity index (χ2n) is 4.71. The van der Waals surface area contributed by atoms with E-state index in [0.29, 0.717) is 24.4 Å². The minimum Gasteiger partial charge on any atom is -0.323 e. The molecule has 2 aromatic heterocycles. The van der Waals surface area contributed by atoms with E-state index in [9.17, 15) is 4.39 Å². The Kier molecular flexibility index (Phi) is 3.44. The molecule has 2 heterocycles. The van der Waals surface area contributed by atoms with Gasteiger partial charge in [-0.15, -0.1) is 11.6 Å². The first-order valence-electron chi connectivity index (χ1n) is 6.35. The minimum absolute atomic E-state index is 0.277. The fraction of sp³-hybridized carbons (Fsp3) is 0.286. The lowest BCUT2D eigenvalue weighted by Crippen LogP contribution is -2.05. The second-order valence-corrected chi connectivity index (χ2v) is 5.09. The van der Waals surface area contributed by atoms with Crippen molar-refractivity contribution < 1.29 is 4.39 Å². The maximum absolute atomic E-state index is 13.3. The molecule has 0 saturated heterocycles. The summed E-state index contributed by atoms with van der Waals surface area (Å²) < 4.78 is 17.1. The van der Waals surface area contributed by atoms with Crippen LogP contribution in [0.15, 0.2) is 30.6 Å². The van der Waals surface area contributed by atoms with Crippen LogP contribution in [0.5, 0.6) is 0 Å². The van der Waals surface area contributed by atoms with Crippen LogP contribution >= 0.6 is 11.6 Å². The number of fused-ring (bicyclic) bond motifs is 1. The van der Waals surface area contributed by atoms with Crippen LogP contribution in [0.4, 0.5) is 4.39 Å². The first-order valence-corrected chi connectivity index (χ1v) is 6.89. The zero-order valence-electron chi connectivity index (χ0n) is 11.1. The molecule has 0 amide bonds. The van der Waals surface area contributed by atoms with Crippen molar-refractivity contribution >= 4 is 22.6 Å². The summed E-state index contributed by atoms with van der Waals surface area (Å²) in [7, 11) is 1.88. The smallest absolute Gasteiger partial charge is 0.125 e. The average molecular weight is 293 g/mol. The van der Waals surface area contributed by atoms with Crippen LogP contribution in [0.2, 0.25) is 0 Å². The van der Waals surface area contributed by atoms with Crippen molar-refractivity contribution in [3.05, 3.63) is 47.8 Å². The van der Waals surface area contributed by atoms with Crippen LogP contribution in [-0.2, 0) is 20.0 Å². The number of halogens is 2. The summed E-state index contributed by atoms with van der Waals surface area (Å²) in [6, 6.07) is 4.66. The Bertz CT molecular complexity index is 747. The highest BCUT2D eigenvalue weighted by Crippen LogP contribution is 2.19. The monoisotopic (exact) mass is 292 g/mol. The first-order chi connectivity index (χ1) is 9.67. The third kappa shape index (κ3) is 2.41. The second kappa shape index (κ2) is 5.25. The van der Waals surface area contributed by atoms with Crippen LogP contribution < -0.4 is 0 Å². The molecular formula is C14H14ClFN4. The fourth-order valence-corrected chi connectivity index (χ4v) is 2.51. The molecule has 6 heteroatoms. The number of benzene rings is 1. The summed E-state index contributed by atoms with van der Waals surface area (Å²) in [5, 5.41) is 4.16. The summed E-state index contributed by atoms with van der Waals surface area (Å²) in [4.78, 5) is 4.48. The minimum atomic E-state index is -0.277. The Morgan fingerprint density at radius 1 is 1.35 bits per heavy atom. The predicted molar refractivity (Wildman–Crippen MR) is 76.4 cm³/mol. The molecule has 0 atom stereocenters. The molecule has 0 aliphatic heterocycles. The van der Waals surface area contributed by atoms with E-state index < -0.39 is 0 Å². The highest BCUT2D eigenvalue weighted by Gasteiger charge is 2.12. The summed E-state index contributed by atoms with van der Waals surface area (Å²) in [5.74, 6) is 1.07. The summed E-state index contributed by atoms with van der Waals surface area (Å²) >= 11 is 5.83. The number of nitrogens with zero attached hydrogens (tertiary/aromatic N) is 4. The Labute approximate surface area is 120 Å². The topological polar surface area (TPSA) is 35.6 Å². The molecule has 3 rings (SSSR count). The van der Waals surface area contributed by atoms with Crippen molar-refractivity contribution in [1.82, 2.24) is 19.3 Å². The van der Waals surface area contributed by atoms with E-state index in [1.807, 2.05) is 19.4 Å². The van der Waals surface area contributed by atoms with Gasteiger partial charge in [0.15, 0.2) is 0 Å². The average Bonchev–Trinajstić information content (AvgIpc) is 2.95. The maximum atomic E-state index is 13.3. The fourth-order valence-electron chi connectivity index (χ4n) is 2.34. The van der Waals surface area contributed by atoms with Gasteiger partial charge >= 0.3 is 0 Å². The highest BCUT2D eigenvalue weighted by atomic mass is 35.5. The molecule has 104 valence electrons. The van der Waals surface area contributed by atoms with Crippen LogP contribution in [0.3, 0.4) is 0 Å². The van der Waals surface area contributed by atoms with Crippen molar-refractivity contribution in [3.63, 3.8) is 0 Å². The van der Waals surface area contributed by atoms with Crippen molar-refractivity contribution in [3.8, 4) is 0 Å². The van der Waals surface area contributed by atoms with Crippen LogP contribution in [-0.4, -0.2) is 25.2 Å². The standard InChI is InChI=1S/C14H14ClFN4/c1-19-8-10(7-17-19)9-20-13-3-2-11(16)6-12(13)18-14(20)4-5-15/h2-3,6-8H,4-5,9H2,1H3. The van der Waals surface area contributed by atoms with Crippen molar-refractivity contribution in [2.24, 2.45) is 7.05 Å². The van der Waals surface area contributed by atoms with Gasteiger partial charge in [0.05, 0.1) is 23.8 Å². The van der Waals surface area contributed by atoms with E-state index in [-0.39, 0.29) is 5.82 Å². The van der Waals surface area contributed by atoms with Gasteiger partial charge in [-0.3, -0.25) is 4.68 Å². The molecule has 20 heavy (non-hydrogen) atoms. The van der Waals surface area contributed by atoms with E-state index in [1.54, 1.807) is 10.7 Å². The number of rotatable bonds is 4. The Morgan fingerprint density at radius 3 is 2.90 bits per heavy atom. The summed E-state index contributed by atoms with van der Waals surface area (Å²) in [6.07, 6.45) is 4.43. The van der Waals surface area contributed by atoms with E-state index >= 15 is 0 Å². The van der Waals surface area contributed by atoms with Crippen molar-refractivity contribution in [2.75, 3.05) is 5.88 Å². The molecule has 1 aromatic carbocycles. The Hall–Kier alpha value is -1.88. The van der Waals surface area contributed by atoms with Crippen molar-refractivity contribution in [1.29, 1.82) is 0 Å². The van der Waals surface area contributed by atoms with E-state index in [4.69, 9.17) is 11.6 Å². The van der Waals surface area contributed by atoms with Crippen molar-refractivity contribution in [2.45, 2.75) is 13.0 Å². The summed E-state index contributed by atoms with van der Waals surface area (Å²) in [5.41, 5.74) is 2.65. The molecular weight excluding hydrogens is 279 g/mol. The molecule has 3 aromatic rings. The lowest BCUT2D eigenvalue weighted by molar-refractivity contribution is 0.629. The predicted octanol–water partition coefficient (Wildman–Crippen LogP) is 2.74. The highest BCUT2D eigenvalue weighted by molar-refractivity contribution is 6.17. The number of imidazole rings is 1. The van der Waals surface area contributed by atoms with Gasteiger partial charge in [0.2, 0.25) is 0 Å². The van der Waals surface area contributed by atoms with E-state index in [0.717, 1.165) is 16.9 Å². The van der Waals surface area contributed by atoms with Gasteiger partial charge in [-0.05, 0) is 12.1 Å². The van der Waals surface area contributed by atoms with E-state index in [1.165, 1.54) is 12.1 Å². The SMILES string of the molecule is Cn1cc(Cn2c(CCCl)nc3cc(F)ccc32)cn1. The zero-order chi connectivity index (χ0) is 14.1. The zero-order valence-corrected chi connectivity index (χ0v) is 11.8. The molecule has 0 aliphatic carbocycles. The molecule has 0 fully saturated rings. The summed E-state index contributed by atoms with van der Waals surface area (Å²) in [6.45, 7) is 0.655. The lowest BCUT2D eigenvalue weighted by atomic mass is 10.3. The molecule has 0 spiro atoms. The lowest BCUT2D eigenvalue weighted by Gasteiger charge is -2.06. The van der Waals surface area contributed by atoms with Gasteiger partial charge in [0.1, 0.15) is 11.6 Å². The van der Waals surface area contributed by atoms with Gasteiger partial charge in [-0.25, -0.2) is 9.37 Å². The molecule has 0 bridgehead atoms. The molecule has 4 nitrogen and oxygen atoms in total. The molecule has 0 unspecified atom stereocenters. The number of aryl methyl sites for hydroxylation is 2. The largest absolute Gasteiger partial charge is 0.323 e. The van der Waals surface area contributed by atoms with E-state index in [2.05, 4.69) is 14.6 Å². The number of alkyl halides is 1.